The van der Waals surface area contributed by atoms with Crippen molar-refractivity contribution in [2.45, 2.75) is 80.5 Å². The molecule has 0 fully saturated rings. The number of nitrogens with one attached hydrogen (secondary N) is 1. The lowest BCUT2D eigenvalue weighted by Crippen LogP contribution is -2.50. The summed E-state index contributed by atoms with van der Waals surface area (Å²) in [4.78, 5) is 0. The van der Waals surface area contributed by atoms with E-state index in [1.165, 1.54) is 0 Å². The van der Waals surface area contributed by atoms with Gasteiger partial charge < -0.3 is 15.4 Å². The third-order valence-electron chi connectivity index (χ3n) is 4.62. The molecule has 3 atom stereocenters. The van der Waals surface area contributed by atoms with Gasteiger partial charge in [0.1, 0.15) is 6.23 Å². The van der Waals surface area contributed by atoms with Crippen LogP contribution >= 0.6 is 0 Å². The molecule has 0 aliphatic carbocycles. The first-order valence-electron chi connectivity index (χ1n) is 9.96. The Kier molecular flexibility index (Phi) is 12.0. The normalized spacial score (nSPS) is 16.4. The lowest BCUT2D eigenvalue weighted by Gasteiger charge is -2.43. The summed E-state index contributed by atoms with van der Waals surface area (Å²) < 4.78 is 0. The molecular formula is C21H40N4O. The summed E-state index contributed by atoms with van der Waals surface area (Å²) in [5, 5.41) is 27.7. The van der Waals surface area contributed by atoms with Gasteiger partial charge in [-0.15, -0.1) is 0 Å². The molecule has 5 heteroatoms. The zero-order valence-electron chi connectivity index (χ0n) is 18.1. The monoisotopic (exact) mass is 364 g/mol. The summed E-state index contributed by atoms with van der Waals surface area (Å²) in [6.07, 6.45) is 5.47. The van der Waals surface area contributed by atoms with E-state index in [1.54, 1.807) is 0 Å². The van der Waals surface area contributed by atoms with Crippen LogP contribution in [0.5, 0.6) is 0 Å². The van der Waals surface area contributed by atoms with E-state index in [2.05, 4.69) is 49.1 Å². The van der Waals surface area contributed by atoms with E-state index in [9.17, 15) is 10.4 Å². The van der Waals surface area contributed by atoms with Crippen LogP contribution < -0.4 is 5.32 Å². The van der Waals surface area contributed by atoms with Gasteiger partial charge in [-0.1, -0.05) is 26.3 Å². The van der Waals surface area contributed by atoms with Crippen molar-refractivity contribution in [2.75, 3.05) is 13.1 Å². The van der Waals surface area contributed by atoms with E-state index < -0.39 is 6.23 Å². The van der Waals surface area contributed by atoms with Gasteiger partial charge >= 0.3 is 0 Å². The van der Waals surface area contributed by atoms with Crippen LogP contribution in [0.15, 0.2) is 23.5 Å². The highest BCUT2D eigenvalue weighted by Crippen LogP contribution is 2.24. The highest BCUT2D eigenvalue weighted by atomic mass is 16.3. The van der Waals surface area contributed by atoms with Gasteiger partial charge in [-0.3, -0.25) is 0 Å². The number of rotatable bonds is 12. The second-order valence-corrected chi connectivity index (χ2v) is 7.18. The first kappa shape index (κ1) is 24.5. The summed E-state index contributed by atoms with van der Waals surface area (Å²) in [6.45, 7) is 18.2. The molecule has 0 saturated heterocycles. The number of aliphatic hydroxyl groups is 1. The van der Waals surface area contributed by atoms with Crippen molar-refractivity contribution in [1.82, 2.24) is 15.3 Å². The van der Waals surface area contributed by atoms with Gasteiger partial charge in [0.2, 0.25) is 0 Å². The lowest BCUT2D eigenvalue weighted by molar-refractivity contribution is -0.0375. The second kappa shape index (κ2) is 12.8. The Bertz CT molecular complexity index is 493. The third-order valence-corrected chi connectivity index (χ3v) is 4.62. The fourth-order valence-corrected chi connectivity index (χ4v) is 2.86. The molecule has 0 bridgehead atoms. The summed E-state index contributed by atoms with van der Waals surface area (Å²) in [5.41, 5.74) is 1.93. The van der Waals surface area contributed by atoms with Gasteiger partial charge in [-0.2, -0.15) is 5.26 Å². The predicted octanol–water partition coefficient (Wildman–Crippen LogP) is 4.25. The standard InChI is InChI=1S/C21H40N4O/c1-9-12-13-25(16(4)5)24(11-3)20(14-17(6)15-22)19(8)21(26)23-18(7)10-2/h10,14,16-17,19,21,23,26H,9,11-13H2,1-8H3/b18-10+,20-14+. The number of hydrogen-bond acceptors (Lipinski definition) is 5. The summed E-state index contributed by atoms with van der Waals surface area (Å²) in [6, 6.07) is 2.64. The Morgan fingerprint density at radius 1 is 1.23 bits per heavy atom. The molecule has 0 saturated carbocycles. The van der Waals surface area contributed by atoms with Crippen molar-refractivity contribution in [3.63, 3.8) is 0 Å². The minimum absolute atomic E-state index is 0.150. The number of unbranched alkanes of at least 4 members (excludes halogenated alkanes) is 1. The molecule has 3 unspecified atom stereocenters. The molecule has 0 aromatic carbocycles. The van der Waals surface area contributed by atoms with Crippen molar-refractivity contribution >= 4 is 0 Å². The van der Waals surface area contributed by atoms with Gasteiger partial charge in [0.25, 0.3) is 0 Å². The van der Waals surface area contributed by atoms with Crippen molar-refractivity contribution in [2.24, 2.45) is 11.8 Å². The lowest BCUT2D eigenvalue weighted by atomic mass is 10.0. The summed E-state index contributed by atoms with van der Waals surface area (Å²) in [7, 11) is 0. The maximum absolute atomic E-state index is 10.7. The van der Waals surface area contributed by atoms with Crippen LogP contribution in [-0.4, -0.2) is 40.5 Å². The molecule has 0 aromatic heterocycles. The largest absolute Gasteiger partial charge is 0.373 e. The van der Waals surface area contributed by atoms with Crippen LogP contribution in [0.3, 0.4) is 0 Å². The third kappa shape index (κ3) is 7.80. The van der Waals surface area contributed by atoms with E-state index >= 15 is 0 Å². The Labute approximate surface area is 161 Å². The van der Waals surface area contributed by atoms with Crippen LogP contribution in [0, 0.1) is 23.2 Å². The van der Waals surface area contributed by atoms with E-state index in [0.717, 1.165) is 37.3 Å². The van der Waals surface area contributed by atoms with Gasteiger partial charge in [-0.05, 0) is 54.0 Å². The summed E-state index contributed by atoms with van der Waals surface area (Å²) in [5.74, 6) is -0.361. The van der Waals surface area contributed by atoms with Crippen molar-refractivity contribution < 1.29 is 5.11 Å². The Balaban J connectivity index is 5.81. The summed E-state index contributed by atoms with van der Waals surface area (Å²) >= 11 is 0. The highest BCUT2D eigenvalue weighted by molar-refractivity contribution is 5.12. The van der Waals surface area contributed by atoms with Crippen molar-refractivity contribution in [1.29, 1.82) is 5.26 Å². The van der Waals surface area contributed by atoms with Crippen LogP contribution in [0.1, 0.15) is 68.2 Å². The topological polar surface area (TPSA) is 62.5 Å². The van der Waals surface area contributed by atoms with Gasteiger partial charge in [-0.25, -0.2) is 5.01 Å². The average Bonchev–Trinajstić information content (AvgIpc) is 2.62. The Hall–Kier alpha value is -1.51. The fraction of sp³-hybridized carbons (Fsp3) is 0.762. The zero-order valence-corrected chi connectivity index (χ0v) is 18.1. The van der Waals surface area contributed by atoms with Gasteiger partial charge in [0.05, 0.1) is 12.0 Å². The molecule has 0 aromatic rings. The number of aliphatic hydroxyl groups excluding tert-OH is 1. The van der Waals surface area contributed by atoms with E-state index in [1.807, 2.05) is 39.8 Å². The van der Waals surface area contributed by atoms with Crippen LogP contribution in [-0.2, 0) is 0 Å². The van der Waals surface area contributed by atoms with Crippen LogP contribution in [0.4, 0.5) is 0 Å². The minimum Gasteiger partial charge on any atom is -0.373 e. The maximum Gasteiger partial charge on any atom is 0.132 e. The predicted molar refractivity (Wildman–Crippen MR) is 110 cm³/mol. The smallest absolute Gasteiger partial charge is 0.132 e. The molecule has 0 amide bonds. The van der Waals surface area contributed by atoms with Crippen molar-refractivity contribution in [3.8, 4) is 6.07 Å². The van der Waals surface area contributed by atoms with Crippen LogP contribution in [0.2, 0.25) is 0 Å². The number of hydrogen-bond donors (Lipinski definition) is 2. The molecule has 0 spiro atoms. The molecule has 0 aliphatic rings. The molecule has 5 nitrogen and oxygen atoms in total. The van der Waals surface area contributed by atoms with E-state index in [-0.39, 0.29) is 11.8 Å². The van der Waals surface area contributed by atoms with E-state index in [0.29, 0.717) is 6.04 Å². The van der Waals surface area contributed by atoms with Gasteiger partial charge in [0, 0.05) is 36.4 Å². The second-order valence-electron chi connectivity index (χ2n) is 7.18. The first-order valence-corrected chi connectivity index (χ1v) is 9.96. The molecule has 0 rings (SSSR count). The molecule has 150 valence electrons. The number of nitrogens with zero attached hydrogens (tertiary/aromatic N) is 3. The van der Waals surface area contributed by atoms with Crippen LogP contribution in [0.25, 0.3) is 0 Å². The molecule has 26 heavy (non-hydrogen) atoms. The van der Waals surface area contributed by atoms with Crippen molar-refractivity contribution in [3.05, 3.63) is 23.5 Å². The quantitative estimate of drug-likeness (QED) is 0.400. The first-order chi connectivity index (χ1) is 12.2. The van der Waals surface area contributed by atoms with Gasteiger partial charge in [0.15, 0.2) is 0 Å². The molecule has 0 aliphatic heterocycles. The average molecular weight is 365 g/mol. The highest BCUT2D eigenvalue weighted by Gasteiger charge is 2.27. The maximum atomic E-state index is 10.7. The fourth-order valence-electron chi connectivity index (χ4n) is 2.86. The molecule has 2 N–H and O–H groups in total. The Morgan fingerprint density at radius 3 is 2.27 bits per heavy atom. The molecule has 0 heterocycles. The SMILES string of the molecule is C/C=C(\C)NC(O)C(C)/C(=C\C(C)C#N)N(CC)N(CCCC)C(C)C. The minimum atomic E-state index is -0.711. The number of hydrazine groups is 1. The molecule has 0 radical (unpaired) electrons. The Morgan fingerprint density at radius 2 is 1.85 bits per heavy atom. The number of allylic oxidation sites excluding steroid dienone is 3. The molecular weight excluding hydrogens is 324 g/mol. The number of nitriles is 1. The zero-order chi connectivity index (χ0) is 20.3. The van der Waals surface area contributed by atoms with E-state index in [4.69, 9.17) is 0 Å².